The van der Waals surface area contributed by atoms with Gasteiger partial charge < -0.3 is 5.11 Å². The first-order chi connectivity index (χ1) is 9.27. The van der Waals surface area contributed by atoms with E-state index >= 15 is 0 Å². The minimum absolute atomic E-state index is 0.153. The molecule has 0 radical (unpaired) electrons. The zero-order valence-corrected chi connectivity index (χ0v) is 11.2. The number of carbonyl (C=O) groups is 1. The van der Waals surface area contributed by atoms with E-state index in [1.807, 2.05) is 0 Å². The maximum absolute atomic E-state index is 12.7. The summed E-state index contributed by atoms with van der Waals surface area (Å²) in [6.07, 6.45) is -4.42. The normalized spacial score (nSPS) is 11.8. The number of halogens is 3. The highest BCUT2D eigenvalue weighted by molar-refractivity contribution is 8.00. The number of alkyl halides is 3. The zero-order chi connectivity index (χ0) is 14.9. The fraction of sp³-hybridized carbons (Fsp3) is 0.231. The van der Waals surface area contributed by atoms with Gasteiger partial charge in [0, 0.05) is 16.0 Å². The van der Waals surface area contributed by atoms with Gasteiger partial charge in [-0.05, 0) is 25.1 Å². The van der Waals surface area contributed by atoms with E-state index in [-0.39, 0.29) is 11.3 Å². The summed E-state index contributed by atoms with van der Waals surface area (Å²) in [5.74, 6) is -1.14. The van der Waals surface area contributed by atoms with E-state index in [4.69, 9.17) is 5.11 Å². The van der Waals surface area contributed by atoms with Gasteiger partial charge in [-0.2, -0.15) is 13.2 Å². The van der Waals surface area contributed by atoms with Gasteiger partial charge in [-0.25, -0.2) is 0 Å². The number of carboxylic acid groups (broad SMARTS) is 1. The second-order valence-corrected chi connectivity index (χ2v) is 5.19. The Hall–Kier alpha value is -1.76. The van der Waals surface area contributed by atoms with Gasteiger partial charge in [0.25, 0.3) is 0 Å². The molecule has 1 aromatic heterocycles. The Kier molecular flexibility index (Phi) is 3.89. The van der Waals surface area contributed by atoms with Crippen LogP contribution in [-0.2, 0) is 11.0 Å². The molecule has 3 nitrogen and oxygen atoms in total. The fourth-order valence-electron chi connectivity index (χ4n) is 1.76. The lowest BCUT2D eigenvalue weighted by atomic mass is 10.1. The van der Waals surface area contributed by atoms with Crippen molar-refractivity contribution in [2.45, 2.75) is 18.0 Å². The minimum Gasteiger partial charge on any atom is -0.481 e. The largest absolute Gasteiger partial charge is 0.481 e. The summed E-state index contributed by atoms with van der Waals surface area (Å²) < 4.78 is 38.0. The van der Waals surface area contributed by atoms with Crippen LogP contribution in [0.2, 0.25) is 0 Å². The summed E-state index contributed by atoms with van der Waals surface area (Å²) in [4.78, 5) is 15.3. The summed E-state index contributed by atoms with van der Waals surface area (Å²) in [6.45, 7) is 1.66. The zero-order valence-electron chi connectivity index (χ0n) is 10.4. The van der Waals surface area contributed by atoms with Crippen LogP contribution in [0.3, 0.4) is 0 Å². The first-order valence-corrected chi connectivity index (χ1v) is 6.59. The molecule has 0 fully saturated rings. The molecule has 0 aliphatic carbocycles. The van der Waals surface area contributed by atoms with Crippen LogP contribution in [0.25, 0.3) is 10.9 Å². The number of carboxylic acids is 1. The first-order valence-electron chi connectivity index (χ1n) is 5.60. The lowest BCUT2D eigenvalue weighted by Gasteiger charge is -2.10. The molecule has 106 valence electrons. The molecular weight excluding hydrogens is 291 g/mol. The number of benzene rings is 1. The molecule has 20 heavy (non-hydrogen) atoms. The summed E-state index contributed by atoms with van der Waals surface area (Å²) in [5.41, 5.74) is -0.00490. The molecule has 0 saturated heterocycles. The third-order valence-electron chi connectivity index (χ3n) is 2.58. The van der Waals surface area contributed by atoms with Gasteiger partial charge in [0.05, 0.1) is 16.8 Å². The highest BCUT2D eigenvalue weighted by Gasteiger charge is 2.30. The SMILES string of the molecule is Cc1cc(SCC(=O)O)c2ccc(C(F)(F)F)cc2n1. The van der Waals surface area contributed by atoms with Crippen molar-refractivity contribution >= 4 is 28.6 Å². The van der Waals surface area contributed by atoms with Crippen LogP contribution < -0.4 is 0 Å². The number of nitrogens with zero attached hydrogens (tertiary/aromatic N) is 1. The summed E-state index contributed by atoms with van der Waals surface area (Å²) in [7, 11) is 0. The Bertz CT molecular complexity index is 670. The van der Waals surface area contributed by atoms with E-state index < -0.39 is 17.7 Å². The second kappa shape index (κ2) is 5.32. The smallest absolute Gasteiger partial charge is 0.416 e. The molecule has 1 aromatic carbocycles. The number of aliphatic carboxylic acids is 1. The van der Waals surface area contributed by atoms with Gasteiger partial charge >= 0.3 is 12.1 Å². The first kappa shape index (κ1) is 14.6. The van der Waals surface area contributed by atoms with Crippen molar-refractivity contribution < 1.29 is 23.1 Å². The van der Waals surface area contributed by atoms with Crippen molar-refractivity contribution in [1.82, 2.24) is 4.98 Å². The molecule has 0 aliphatic rings. The van der Waals surface area contributed by atoms with E-state index in [0.29, 0.717) is 16.0 Å². The molecule has 0 atom stereocenters. The van der Waals surface area contributed by atoms with Crippen LogP contribution in [0.5, 0.6) is 0 Å². The molecule has 1 N–H and O–H groups in total. The quantitative estimate of drug-likeness (QED) is 0.877. The van der Waals surface area contributed by atoms with E-state index in [1.165, 1.54) is 6.07 Å². The molecule has 0 aliphatic heterocycles. The number of hydrogen-bond acceptors (Lipinski definition) is 3. The highest BCUT2D eigenvalue weighted by Crippen LogP contribution is 2.34. The highest BCUT2D eigenvalue weighted by atomic mass is 32.2. The maximum atomic E-state index is 12.7. The van der Waals surface area contributed by atoms with Gasteiger partial charge in [0.15, 0.2) is 0 Å². The summed E-state index contributed by atoms with van der Waals surface area (Å²) >= 11 is 1.06. The van der Waals surface area contributed by atoms with Gasteiger partial charge in [-0.15, -0.1) is 11.8 Å². The molecular formula is C13H10F3NO2S. The van der Waals surface area contributed by atoms with E-state index in [9.17, 15) is 18.0 Å². The van der Waals surface area contributed by atoms with Gasteiger partial charge in [0.1, 0.15) is 0 Å². The molecule has 0 spiro atoms. The number of pyridine rings is 1. The Labute approximate surface area is 116 Å². The van der Waals surface area contributed by atoms with Crippen molar-refractivity contribution in [2.24, 2.45) is 0 Å². The number of thioether (sulfide) groups is 1. The van der Waals surface area contributed by atoms with Crippen LogP contribution in [0.15, 0.2) is 29.2 Å². The molecule has 0 amide bonds. The van der Waals surface area contributed by atoms with Crippen LogP contribution >= 0.6 is 11.8 Å². The molecule has 2 rings (SSSR count). The van der Waals surface area contributed by atoms with E-state index in [0.717, 1.165) is 23.9 Å². The van der Waals surface area contributed by atoms with Crippen LogP contribution in [-0.4, -0.2) is 21.8 Å². The number of fused-ring (bicyclic) bond motifs is 1. The van der Waals surface area contributed by atoms with E-state index in [2.05, 4.69) is 4.98 Å². The minimum atomic E-state index is -4.42. The maximum Gasteiger partial charge on any atom is 0.416 e. The number of aromatic nitrogens is 1. The Morgan fingerprint density at radius 1 is 1.35 bits per heavy atom. The number of rotatable bonds is 3. The van der Waals surface area contributed by atoms with Gasteiger partial charge in [-0.3, -0.25) is 9.78 Å². The monoisotopic (exact) mass is 301 g/mol. The van der Waals surface area contributed by atoms with Crippen molar-refractivity contribution in [3.05, 3.63) is 35.5 Å². The van der Waals surface area contributed by atoms with Crippen LogP contribution in [0, 0.1) is 6.92 Å². The lowest BCUT2D eigenvalue weighted by molar-refractivity contribution is -0.137. The average Bonchev–Trinajstić information content (AvgIpc) is 2.33. The standard InChI is InChI=1S/C13H10F3NO2S/c1-7-4-11(20-6-12(18)19)9-3-2-8(13(14,15)16)5-10(9)17-7/h2-5H,6H2,1H3,(H,18,19). The second-order valence-electron chi connectivity index (χ2n) is 4.17. The average molecular weight is 301 g/mol. The summed E-state index contributed by atoms with van der Waals surface area (Å²) in [5, 5.41) is 9.20. The molecule has 0 saturated carbocycles. The summed E-state index contributed by atoms with van der Waals surface area (Å²) in [6, 6.07) is 4.95. The number of aryl methyl sites for hydroxylation is 1. The third-order valence-corrected chi connectivity index (χ3v) is 3.62. The lowest BCUT2D eigenvalue weighted by Crippen LogP contribution is -2.05. The Balaban J connectivity index is 2.52. The molecule has 2 aromatic rings. The molecule has 0 bridgehead atoms. The molecule has 1 heterocycles. The van der Waals surface area contributed by atoms with Crippen molar-refractivity contribution in [1.29, 1.82) is 0 Å². The van der Waals surface area contributed by atoms with Crippen LogP contribution in [0.1, 0.15) is 11.3 Å². The van der Waals surface area contributed by atoms with Crippen LogP contribution in [0.4, 0.5) is 13.2 Å². The molecule has 0 unspecified atom stereocenters. The predicted octanol–water partition coefficient (Wildman–Crippen LogP) is 3.74. The van der Waals surface area contributed by atoms with Crippen molar-refractivity contribution in [3.63, 3.8) is 0 Å². The van der Waals surface area contributed by atoms with E-state index in [1.54, 1.807) is 13.0 Å². The Morgan fingerprint density at radius 2 is 2.05 bits per heavy atom. The van der Waals surface area contributed by atoms with Gasteiger partial charge in [-0.1, -0.05) is 6.07 Å². The Morgan fingerprint density at radius 3 is 2.65 bits per heavy atom. The predicted molar refractivity (Wildman–Crippen MR) is 69.8 cm³/mol. The van der Waals surface area contributed by atoms with Gasteiger partial charge in [0.2, 0.25) is 0 Å². The third kappa shape index (κ3) is 3.22. The topological polar surface area (TPSA) is 50.2 Å². The van der Waals surface area contributed by atoms with Crippen molar-refractivity contribution in [2.75, 3.05) is 5.75 Å². The molecule has 7 heteroatoms. The number of hydrogen-bond donors (Lipinski definition) is 1. The van der Waals surface area contributed by atoms with Crippen molar-refractivity contribution in [3.8, 4) is 0 Å². The fourth-order valence-corrected chi connectivity index (χ4v) is 2.62.